The van der Waals surface area contributed by atoms with Crippen LogP contribution in [0.3, 0.4) is 0 Å². The lowest BCUT2D eigenvalue weighted by Crippen LogP contribution is -2.50. The van der Waals surface area contributed by atoms with Gasteiger partial charge in [0.05, 0.1) is 32.8 Å². The number of ether oxygens (including phenoxy) is 2. The topological polar surface area (TPSA) is 79.3 Å². The Morgan fingerprint density at radius 1 is 1.46 bits per heavy atom. The number of methoxy groups -OCH3 is 1. The van der Waals surface area contributed by atoms with Crippen LogP contribution in [-0.4, -0.2) is 79.8 Å². The molecule has 1 saturated heterocycles. The summed E-state index contributed by atoms with van der Waals surface area (Å²) in [5.74, 6) is -0.104. The summed E-state index contributed by atoms with van der Waals surface area (Å²) in [5, 5.41) is 8.80. The van der Waals surface area contributed by atoms with E-state index in [1.165, 1.54) is 0 Å². The van der Waals surface area contributed by atoms with Gasteiger partial charge in [0.1, 0.15) is 5.75 Å². The van der Waals surface area contributed by atoms with E-state index >= 15 is 0 Å². The van der Waals surface area contributed by atoms with Crippen molar-refractivity contribution in [1.29, 1.82) is 0 Å². The SMILES string of the molecule is COc1cccc(CC(=O)N2CCOC(CN(C)CC(=O)O)C2)c1. The van der Waals surface area contributed by atoms with Crippen molar-refractivity contribution in [2.24, 2.45) is 0 Å². The Kier molecular flexibility index (Phi) is 6.57. The molecule has 0 aromatic heterocycles. The molecule has 1 aliphatic heterocycles. The van der Waals surface area contributed by atoms with Crippen LogP contribution in [0.25, 0.3) is 0 Å². The third kappa shape index (κ3) is 5.50. The first-order valence-corrected chi connectivity index (χ1v) is 7.90. The number of rotatable bonds is 7. The zero-order valence-corrected chi connectivity index (χ0v) is 14.1. The molecule has 7 heteroatoms. The quantitative estimate of drug-likeness (QED) is 0.780. The van der Waals surface area contributed by atoms with Gasteiger partial charge in [0.2, 0.25) is 5.91 Å². The van der Waals surface area contributed by atoms with Crippen LogP contribution in [0.5, 0.6) is 5.75 Å². The van der Waals surface area contributed by atoms with Gasteiger partial charge in [-0.3, -0.25) is 14.5 Å². The van der Waals surface area contributed by atoms with Crippen molar-refractivity contribution < 1.29 is 24.2 Å². The van der Waals surface area contributed by atoms with Crippen molar-refractivity contribution in [3.05, 3.63) is 29.8 Å². The van der Waals surface area contributed by atoms with E-state index < -0.39 is 5.97 Å². The Morgan fingerprint density at radius 2 is 2.25 bits per heavy atom. The fraction of sp³-hybridized carbons (Fsp3) is 0.529. The molecule has 1 unspecified atom stereocenters. The Balaban J connectivity index is 1.88. The highest BCUT2D eigenvalue weighted by Crippen LogP contribution is 2.15. The van der Waals surface area contributed by atoms with Crippen molar-refractivity contribution in [3.63, 3.8) is 0 Å². The third-order valence-corrected chi connectivity index (χ3v) is 3.90. The van der Waals surface area contributed by atoms with Crippen LogP contribution in [0.2, 0.25) is 0 Å². The molecule has 0 aliphatic carbocycles. The van der Waals surface area contributed by atoms with Gasteiger partial charge >= 0.3 is 5.97 Å². The Hall–Kier alpha value is -2.12. The lowest BCUT2D eigenvalue weighted by molar-refractivity contribution is -0.142. The maximum Gasteiger partial charge on any atom is 0.317 e. The van der Waals surface area contributed by atoms with Crippen LogP contribution in [0.4, 0.5) is 0 Å². The van der Waals surface area contributed by atoms with Gasteiger partial charge in [-0.1, -0.05) is 12.1 Å². The molecule has 1 N–H and O–H groups in total. The normalized spacial score (nSPS) is 17.8. The molecule has 1 amide bonds. The van der Waals surface area contributed by atoms with Crippen LogP contribution in [0.1, 0.15) is 5.56 Å². The lowest BCUT2D eigenvalue weighted by Gasteiger charge is -2.34. The van der Waals surface area contributed by atoms with Crippen molar-refractivity contribution in [1.82, 2.24) is 9.80 Å². The average molecular weight is 336 g/mol. The first-order valence-electron chi connectivity index (χ1n) is 7.90. The molecule has 132 valence electrons. The highest BCUT2D eigenvalue weighted by Gasteiger charge is 2.25. The summed E-state index contributed by atoms with van der Waals surface area (Å²) in [4.78, 5) is 26.7. The van der Waals surface area contributed by atoms with Crippen LogP contribution >= 0.6 is 0 Å². The molecule has 1 aromatic rings. The number of carbonyl (C=O) groups is 2. The number of amides is 1. The van der Waals surface area contributed by atoms with Gasteiger partial charge in [-0.05, 0) is 24.7 Å². The fourth-order valence-electron chi connectivity index (χ4n) is 2.77. The van der Waals surface area contributed by atoms with Crippen LogP contribution in [0.15, 0.2) is 24.3 Å². The summed E-state index contributed by atoms with van der Waals surface area (Å²) < 4.78 is 10.8. The highest BCUT2D eigenvalue weighted by atomic mass is 16.5. The van der Waals surface area contributed by atoms with E-state index in [2.05, 4.69) is 0 Å². The number of likely N-dealkylation sites (N-methyl/N-ethyl adjacent to an activating group) is 1. The van der Waals surface area contributed by atoms with Gasteiger partial charge in [-0.2, -0.15) is 0 Å². The highest BCUT2D eigenvalue weighted by molar-refractivity contribution is 5.79. The number of aliphatic carboxylic acids is 1. The minimum atomic E-state index is -0.876. The molecule has 0 saturated carbocycles. The molecule has 1 aromatic carbocycles. The second kappa shape index (κ2) is 8.65. The number of nitrogens with zero attached hydrogens (tertiary/aromatic N) is 2. The lowest BCUT2D eigenvalue weighted by atomic mass is 10.1. The van der Waals surface area contributed by atoms with E-state index in [0.29, 0.717) is 32.7 Å². The molecule has 2 rings (SSSR count). The smallest absolute Gasteiger partial charge is 0.317 e. The van der Waals surface area contributed by atoms with Crippen LogP contribution in [0, 0.1) is 0 Å². The maximum absolute atomic E-state index is 12.5. The molecule has 1 aliphatic rings. The Bertz CT molecular complexity index is 578. The molecular weight excluding hydrogens is 312 g/mol. The van der Waals surface area contributed by atoms with E-state index in [1.54, 1.807) is 24.0 Å². The fourth-order valence-corrected chi connectivity index (χ4v) is 2.77. The second-order valence-electron chi connectivity index (χ2n) is 5.95. The van der Waals surface area contributed by atoms with Gasteiger partial charge in [-0.15, -0.1) is 0 Å². The summed E-state index contributed by atoms with van der Waals surface area (Å²) in [6, 6.07) is 7.47. The standard InChI is InChI=1S/C17H24N2O5/c1-18(12-17(21)22)10-15-11-19(6-7-24-15)16(20)9-13-4-3-5-14(8-13)23-2/h3-5,8,15H,6-7,9-12H2,1-2H3,(H,21,22). The molecule has 7 nitrogen and oxygen atoms in total. The number of hydrogen-bond donors (Lipinski definition) is 1. The zero-order chi connectivity index (χ0) is 17.5. The van der Waals surface area contributed by atoms with Crippen LogP contribution in [-0.2, 0) is 20.7 Å². The first kappa shape index (κ1) is 18.2. The number of benzene rings is 1. The molecule has 1 fully saturated rings. The van der Waals surface area contributed by atoms with E-state index in [1.807, 2.05) is 24.3 Å². The minimum Gasteiger partial charge on any atom is -0.497 e. The number of carboxylic acids is 1. The number of hydrogen-bond acceptors (Lipinski definition) is 5. The minimum absolute atomic E-state index is 0.0393. The molecule has 1 heterocycles. The van der Waals surface area contributed by atoms with Gasteiger partial charge in [0.15, 0.2) is 0 Å². The van der Waals surface area contributed by atoms with Gasteiger partial charge < -0.3 is 19.5 Å². The van der Waals surface area contributed by atoms with Gasteiger partial charge in [0, 0.05) is 19.6 Å². The van der Waals surface area contributed by atoms with Gasteiger partial charge in [-0.25, -0.2) is 0 Å². The Morgan fingerprint density at radius 3 is 2.96 bits per heavy atom. The molecule has 0 radical (unpaired) electrons. The largest absolute Gasteiger partial charge is 0.497 e. The van der Waals surface area contributed by atoms with E-state index in [4.69, 9.17) is 14.6 Å². The average Bonchev–Trinajstić information content (AvgIpc) is 2.54. The maximum atomic E-state index is 12.5. The Labute approximate surface area is 141 Å². The second-order valence-corrected chi connectivity index (χ2v) is 5.95. The van der Waals surface area contributed by atoms with E-state index in [-0.39, 0.29) is 18.6 Å². The van der Waals surface area contributed by atoms with E-state index in [9.17, 15) is 9.59 Å². The summed E-state index contributed by atoms with van der Waals surface area (Å²) in [6.45, 7) is 1.94. The first-order chi connectivity index (χ1) is 11.5. The zero-order valence-electron chi connectivity index (χ0n) is 14.1. The number of carboxylic acid groups (broad SMARTS) is 1. The number of morpholine rings is 1. The molecule has 0 spiro atoms. The van der Waals surface area contributed by atoms with Crippen molar-refractivity contribution in [2.75, 3.05) is 46.9 Å². The molecular formula is C17H24N2O5. The summed E-state index contributed by atoms with van der Waals surface area (Å²) in [6.07, 6.45) is 0.145. The van der Waals surface area contributed by atoms with E-state index in [0.717, 1.165) is 11.3 Å². The van der Waals surface area contributed by atoms with Crippen molar-refractivity contribution in [3.8, 4) is 5.75 Å². The predicted molar refractivity (Wildman–Crippen MR) is 88.2 cm³/mol. The van der Waals surface area contributed by atoms with Crippen molar-refractivity contribution in [2.45, 2.75) is 12.5 Å². The third-order valence-electron chi connectivity index (χ3n) is 3.90. The molecule has 24 heavy (non-hydrogen) atoms. The van der Waals surface area contributed by atoms with Crippen molar-refractivity contribution >= 4 is 11.9 Å². The number of carbonyl (C=O) groups excluding carboxylic acids is 1. The molecule has 1 atom stereocenters. The summed E-state index contributed by atoms with van der Waals surface area (Å²) >= 11 is 0. The molecule has 0 bridgehead atoms. The monoisotopic (exact) mass is 336 g/mol. The van der Waals surface area contributed by atoms with Gasteiger partial charge in [0.25, 0.3) is 0 Å². The summed E-state index contributed by atoms with van der Waals surface area (Å²) in [5.41, 5.74) is 0.908. The predicted octanol–water partition coefficient (Wildman–Crippen LogP) is 0.482. The summed E-state index contributed by atoms with van der Waals surface area (Å²) in [7, 11) is 3.33. The van der Waals surface area contributed by atoms with Crippen LogP contribution < -0.4 is 4.74 Å².